The van der Waals surface area contributed by atoms with Crippen molar-refractivity contribution in [2.24, 2.45) is 5.92 Å². The molecule has 5 heteroatoms. The van der Waals surface area contributed by atoms with E-state index in [1.807, 2.05) is 35.2 Å². The molecule has 0 aliphatic carbocycles. The molecule has 0 radical (unpaired) electrons. The van der Waals surface area contributed by atoms with Crippen LogP contribution in [0.5, 0.6) is 5.75 Å². The van der Waals surface area contributed by atoms with E-state index in [-0.39, 0.29) is 5.91 Å². The first-order chi connectivity index (χ1) is 11.7. The number of amides is 1. The summed E-state index contributed by atoms with van der Waals surface area (Å²) in [5.74, 6) is 1.49. The zero-order valence-corrected chi connectivity index (χ0v) is 14.2. The molecule has 0 saturated carbocycles. The number of pyridine rings is 1. The second kappa shape index (κ2) is 7.34. The molecular formula is C19H23N3O2. The topological polar surface area (TPSA) is 54.5 Å². The Labute approximate surface area is 142 Å². The molecule has 126 valence electrons. The number of nitrogens with one attached hydrogen (secondary N) is 1. The Morgan fingerprint density at radius 1 is 1.21 bits per heavy atom. The predicted octanol–water partition coefficient (Wildman–Crippen LogP) is 3.71. The van der Waals surface area contributed by atoms with Crippen LogP contribution in [0.3, 0.4) is 0 Å². The van der Waals surface area contributed by atoms with Gasteiger partial charge in [-0.3, -0.25) is 4.79 Å². The van der Waals surface area contributed by atoms with Crippen molar-refractivity contribution in [2.75, 3.05) is 25.5 Å². The van der Waals surface area contributed by atoms with Crippen LogP contribution in [0.15, 0.2) is 42.6 Å². The Hall–Kier alpha value is -2.56. The van der Waals surface area contributed by atoms with Crippen LogP contribution < -0.4 is 10.1 Å². The lowest BCUT2D eigenvalue weighted by atomic mass is 9.99. The number of aromatic nitrogens is 1. The third-order valence-corrected chi connectivity index (χ3v) is 4.44. The first kappa shape index (κ1) is 16.3. The summed E-state index contributed by atoms with van der Waals surface area (Å²) in [4.78, 5) is 18.7. The van der Waals surface area contributed by atoms with E-state index in [1.54, 1.807) is 19.4 Å². The summed E-state index contributed by atoms with van der Waals surface area (Å²) >= 11 is 0. The Balaban J connectivity index is 1.68. The lowest BCUT2D eigenvalue weighted by Gasteiger charge is -2.30. The van der Waals surface area contributed by atoms with Crippen molar-refractivity contribution in [3.05, 3.63) is 48.3 Å². The second-order valence-electron chi connectivity index (χ2n) is 6.23. The minimum atomic E-state index is 0.0192. The third kappa shape index (κ3) is 3.67. The van der Waals surface area contributed by atoms with Crippen LogP contribution in [0.4, 0.5) is 11.4 Å². The van der Waals surface area contributed by atoms with E-state index >= 15 is 0 Å². The SMILES string of the molecule is COc1ccccc1Nc1ccc(C(=O)N2CCC(C)CC2)nc1. The number of ether oxygens (including phenoxy) is 1. The average molecular weight is 325 g/mol. The number of hydrogen-bond donors (Lipinski definition) is 1. The number of benzene rings is 1. The lowest BCUT2D eigenvalue weighted by molar-refractivity contribution is 0.0691. The predicted molar refractivity (Wildman–Crippen MR) is 94.8 cm³/mol. The summed E-state index contributed by atoms with van der Waals surface area (Å²) < 4.78 is 5.32. The maximum atomic E-state index is 12.5. The number of hydrogen-bond acceptors (Lipinski definition) is 4. The lowest BCUT2D eigenvalue weighted by Crippen LogP contribution is -2.38. The van der Waals surface area contributed by atoms with E-state index in [4.69, 9.17) is 4.74 Å². The van der Waals surface area contributed by atoms with Crippen molar-refractivity contribution < 1.29 is 9.53 Å². The first-order valence-corrected chi connectivity index (χ1v) is 8.32. The van der Waals surface area contributed by atoms with Crippen molar-refractivity contribution in [3.8, 4) is 5.75 Å². The molecule has 2 aromatic rings. The first-order valence-electron chi connectivity index (χ1n) is 8.32. The number of nitrogens with zero attached hydrogens (tertiary/aromatic N) is 2. The molecule has 1 aliphatic rings. The summed E-state index contributed by atoms with van der Waals surface area (Å²) in [5.41, 5.74) is 2.18. The Kier molecular flexibility index (Phi) is 4.99. The zero-order valence-electron chi connectivity index (χ0n) is 14.2. The number of carbonyl (C=O) groups is 1. The van der Waals surface area contributed by atoms with Crippen LogP contribution in [0.2, 0.25) is 0 Å². The largest absolute Gasteiger partial charge is 0.495 e. The number of anilines is 2. The highest BCUT2D eigenvalue weighted by molar-refractivity contribution is 5.92. The summed E-state index contributed by atoms with van der Waals surface area (Å²) in [6.07, 6.45) is 3.82. The van der Waals surface area contributed by atoms with E-state index in [9.17, 15) is 4.79 Å². The third-order valence-electron chi connectivity index (χ3n) is 4.44. The Morgan fingerprint density at radius 3 is 2.62 bits per heavy atom. The summed E-state index contributed by atoms with van der Waals surface area (Å²) in [6.45, 7) is 3.88. The molecule has 0 bridgehead atoms. The van der Waals surface area contributed by atoms with Crippen LogP contribution >= 0.6 is 0 Å². The maximum absolute atomic E-state index is 12.5. The smallest absolute Gasteiger partial charge is 0.272 e. The van der Waals surface area contributed by atoms with Gasteiger partial charge in [-0.25, -0.2) is 4.98 Å². The molecule has 3 rings (SSSR count). The minimum Gasteiger partial charge on any atom is -0.495 e. The number of para-hydroxylation sites is 2. The molecule has 2 heterocycles. The van der Waals surface area contributed by atoms with Crippen molar-refractivity contribution in [1.29, 1.82) is 0 Å². The van der Waals surface area contributed by atoms with Gasteiger partial charge in [0.15, 0.2) is 0 Å². The summed E-state index contributed by atoms with van der Waals surface area (Å²) in [7, 11) is 1.64. The number of likely N-dealkylation sites (tertiary alicyclic amines) is 1. The number of methoxy groups -OCH3 is 1. The summed E-state index contributed by atoms with van der Waals surface area (Å²) in [6, 6.07) is 11.3. The van der Waals surface area contributed by atoms with Gasteiger partial charge in [0.1, 0.15) is 11.4 Å². The molecule has 24 heavy (non-hydrogen) atoms. The molecule has 5 nitrogen and oxygen atoms in total. The standard InChI is InChI=1S/C19H23N3O2/c1-14-9-11-22(12-10-14)19(23)17-8-7-15(13-20-17)21-16-5-3-4-6-18(16)24-2/h3-8,13-14,21H,9-12H2,1-2H3. The molecule has 1 fully saturated rings. The number of carbonyl (C=O) groups excluding carboxylic acids is 1. The highest BCUT2D eigenvalue weighted by atomic mass is 16.5. The quantitative estimate of drug-likeness (QED) is 0.931. The van der Waals surface area contributed by atoms with E-state index in [1.165, 1.54) is 0 Å². The van der Waals surface area contributed by atoms with E-state index in [2.05, 4.69) is 17.2 Å². The van der Waals surface area contributed by atoms with Crippen molar-refractivity contribution in [2.45, 2.75) is 19.8 Å². The molecule has 0 unspecified atom stereocenters. The molecular weight excluding hydrogens is 302 g/mol. The Morgan fingerprint density at radius 2 is 1.96 bits per heavy atom. The number of piperidine rings is 1. The van der Waals surface area contributed by atoms with Crippen LogP contribution in [0, 0.1) is 5.92 Å². The fourth-order valence-electron chi connectivity index (χ4n) is 2.87. The normalized spacial score (nSPS) is 15.2. The fourth-order valence-corrected chi connectivity index (χ4v) is 2.87. The highest BCUT2D eigenvalue weighted by Crippen LogP contribution is 2.26. The molecule has 1 aromatic heterocycles. The van der Waals surface area contributed by atoms with Gasteiger partial charge in [-0.15, -0.1) is 0 Å². The van der Waals surface area contributed by atoms with Gasteiger partial charge in [0.05, 0.1) is 24.7 Å². The van der Waals surface area contributed by atoms with Crippen LogP contribution in [0.25, 0.3) is 0 Å². The highest BCUT2D eigenvalue weighted by Gasteiger charge is 2.22. The number of rotatable bonds is 4. The molecule has 1 N–H and O–H groups in total. The van der Waals surface area contributed by atoms with Crippen molar-refractivity contribution in [3.63, 3.8) is 0 Å². The van der Waals surface area contributed by atoms with Gasteiger partial charge in [-0.2, -0.15) is 0 Å². The van der Waals surface area contributed by atoms with Gasteiger partial charge in [-0.05, 0) is 43.0 Å². The van der Waals surface area contributed by atoms with E-state index < -0.39 is 0 Å². The summed E-state index contributed by atoms with van der Waals surface area (Å²) in [5, 5.41) is 3.26. The van der Waals surface area contributed by atoms with Crippen LogP contribution in [-0.2, 0) is 0 Å². The van der Waals surface area contributed by atoms with Crippen molar-refractivity contribution >= 4 is 17.3 Å². The van der Waals surface area contributed by atoms with Crippen molar-refractivity contribution in [1.82, 2.24) is 9.88 Å². The van der Waals surface area contributed by atoms with E-state index in [0.29, 0.717) is 11.6 Å². The van der Waals surface area contributed by atoms with Gasteiger partial charge >= 0.3 is 0 Å². The Bertz CT molecular complexity index is 692. The molecule has 1 saturated heterocycles. The molecule has 1 aromatic carbocycles. The monoisotopic (exact) mass is 325 g/mol. The minimum absolute atomic E-state index is 0.0192. The molecule has 1 aliphatic heterocycles. The zero-order chi connectivity index (χ0) is 16.9. The molecule has 1 amide bonds. The second-order valence-corrected chi connectivity index (χ2v) is 6.23. The molecule has 0 spiro atoms. The van der Waals surface area contributed by atoms with Crippen LogP contribution in [-0.4, -0.2) is 36.0 Å². The van der Waals surface area contributed by atoms with Gasteiger partial charge in [-0.1, -0.05) is 19.1 Å². The van der Waals surface area contributed by atoms with Crippen LogP contribution in [0.1, 0.15) is 30.3 Å². The van der Waals surface area contributed by atoms with Gasteiger partial charge in [0.2, 0.25) is 0 Å². The van der Waals surface area contributed by atoms with Gasteiger partial charge in [0.25, 0.3) is 5.91 Å². The molecule has 0 atom stereocenters. The van der Waals surface area contributed by atoms with E-state index in [0.717, 1.165) is 43.1 Å². The van der Waals surface area contributed by atoms with Gasteiger partial charge < -0.3 is 15.0 Å². The fraction of sp³-hybridized carbons (Fsp3) is 0.368. The maximum Gasteiger partial charge on any atom is 0.272 e. The van der Waals surface area contributed by atoms with Gasteiger partial charge in [0, 0.05) is 13.1 Å². The average Bonchev–Trinajstić information content (AvgIpc) is 2.63.